The Morgan fingerprint density at radius 1 is 1.21 bits per heavy atom. The fraction of sp³-hybridized carbons (Fsp3) is 0.278. The van der Waals surface area contributed by atoms with Crippen LogP contribution in [0.1, 0.15) is 18.0 Å². The number of rotatable bonds is 2. The van der Waals surface area contributed by atoms with Crippen molar-refractivity contribution in [1.29, 1.82) is 0 Å². The minimum atomic E-state index is -0.702. The van der Waals surface area contributed by atoms with Gasteiger partial charge in [0.15, 0.2) is 11.5 Å². The summed E-state index contributed by atoms with van der Waals surface area (Å²) in [6, 6.07) is 11.8. The van der Waals surface area contributed by atoms with Crippen molar-refractivity contribution in [2.75, 3.05) is 12.4 Å². The quantitative estimate of drug-likeness (QED) is 0.907. The number of halogens is 1. The molecule has 24 heavy (non-hydrogen) atoms. The van der Waals surface area contributed by atoms with Crippen LogP contribution in [0.25, 0.3) is 0 Å². The molecule has 0 aromatic heterocycles. The molecular weight excluding hydrogens is 329 g/mol. The smallest absolute Gasteiger partial charge is 0.265 e. The van der Waals surface area contributed by atoms with E-state index in [2.05, 4.69) is 5.32 Å². The molecule has 2 aliphatic rings. The highest BCUT2D eigenvalue weighted by Gasteiger charge is 2.30. The summed E-state index contributed by atoms with van der Waals surface area (Å²) in [6.45, 7) is 0.167. The molecule has 0 unspecified atom stereocenters. The number of benzene rings is 2. The lowest BCUT2D eigenvalue weighted by Crippen LogP contribution is -2.45. The zero-order valence-corrected chi connectivity index (χ0v) is 13.6. The molecule has 2 aromatic rings. The molecule has 0 spiro atoms. The van der Waals surface area contributed by atoms with Gasteiger partial charge in [0, 0.05) is 10.6 Å². The summed E-state index contributed by atoms with van der Waals surface area (Å²) in [5.41, 5.74) is 0.830. The first kappa shape index (κ1) is 15.3. The van der Waals surface area contributed by atoms with Crippen molar-refractivity contribution >= 4 is 17.7 Å². The highest BCUT2D eigenvalue weighted by molar-refractivity contribution is 7.99. The maximum absolute atomic E-state index is 13.6. The van der Waals surface area contributed by atoms with Gasteiger partial charge in [-0.25, -0.2) is 4.39 Å². The van der Waals surface area contributed by atoms with Gasteiger partial charge in [-0.15, -0.1) is 11.8 Å². The van der Waals surface area contributed by atoms with Crippen LogP contribution in [0.15, 0.2) is 47.4 Å². The molecule has 2 heterocycles. The molecule has 0 saturated heterocycles. The molecule has 6 heteroatoms. The number of amides is 1. The lowest BCUT2D eigenvalue weighted by atomic mass is 10.0. The van der Waals surface area contributed by atoms with E-state index < -0.39 is 6.10 Å². The van der Waals surface area contributed by atoms with Crippen LogP contribution < -0.4 is 14.8 Å². The molecule has 4 rings (SSSR count). The van der Waals surface area contributed by atoms with Crippen molar-refractivity contribution in [2.24, 2.45) is 0 Å². The van der Waals surface area contributed by atoms with Gasteiger partial charge in [-0.05, 0) is 42.3 Å². The third-order valence-electron chi connectivity index (χ3n) is 4.13. The van der Waals surface area contributed by atoms with Crippen LogP contribution >= 0.6 is 11.8 Å². The normalized spacial score (nSPS) is 21.7. The molecule has 0 bridgehead atoms. The summed E-state index contributed by atoms with van der Waals surface area (Å²) < 4.78 is 24.9. The zero-order chi connectivity index (χ0) is 16.5. The van der Waals surface area contributed by atoms with Gasteiger partial charge in [-0.1, -0.05) is 12.1 Å². The average molecular weight is 345 g/mol. The summed E-state index contributed by atoms with van der Waals surface area (Å²) in [5, 5.41) is 2.98. The predicted octanol–water partition coefficient (Wildman–Crippen LogP) is 3.32. The number of ether oxygens (including phenoxy) is 2. The molecule has 0 saturated carbocycles. The zero-order valence-electron chi connectivity index (χ0n) is 12.8. The Labute approximate surface area is 143 Å². The number of thioether (sulfide) groups is 1. The van der Waals surface area contributed by atoms with E-state index in [1.807, 2.05) is 12.1 Å². The van der Waals surface area contributed by atoms with Crippen molar-refractivity contribution in [3.05, 3.63) is 53.8 Å². The van der Waals surface area contributed by atoms with E-state index in [1.54, 1.807) is 30.0 Å². The summed E-state index contributed by atoms with van der Waals surface area (Å²) in [6.07, 6.45) is 0.0586. The van der Waals surface area contributed by atoms with Gasteiger partial charge >= 0.3 is 0 Å². The molecular formula is C18H16FNO3S. The Balaban J connectivity index is 1.49. The van der Waals surface area contributed by atoms with Crippen molar-refractivity contribution in [1.82, 2.24) is 5.32 Å². The third kappa shape index (κ3) is 2.94. The molecule has 4 nitrogen and oxygen atoms in total. The molecule has 2 aromatic carbocycles. The molecule has 1 N–H and O–H groups in total. The van der Waals surface area contributed by atoms with E-state index in [0.29, 0.717) is 11.5 Å². The van der Waals surface area contributed by atoms with Crippen LogP contribution in [0, 0.1) is 5.82 Å². The van der Waals surface area contributed by atoms with E-state index >= 15 is 0 Å². The van der Waals surface area contributed by atoms with E-state index in [-0.39, 0.29) is 24.4 Å². The van der Waals surface area contributed by atoms with Crippen LogP contribution in [0.4, 0.5) is 4.39 Å². The molecule has 0 aliphatic carbocycles. The largest absolute Gasteiger partial charge is 0.485 e. The topological polar surface area (TPSA) is 47.6 Å². The fourth-order valence-electron chi connectivity index (χ4n) is 2.93. The highest BCUT2D eigenvalue weighted by atomic mass is 32.2. The highest BCUT2D eigenvalue weighted by Crippen LogP contribution is 2.37. The molecule has 2 aliphatic heterocycles. The number of para-hydroxylation sites is 2. The van der Waals surface area contributed by atoms with Crippen LogP contribution in [0.3, 0.4) is 0 Å². The van der Waals surface area contributed by atoms with Crippen LogP contribution in [0.2, 0.25) is 0 Å². The number of carbonyl (C=O) groups excluding carboxylic acids is 1. The lowest BCUT2D eigenvalue weighted by Gasteiger charge is -2.30. The van der Waals surface area contributed by atoms with E-state index in [9.17, 15) is 9.18 Å². The summed E-state index contributed by atoms with van der Waals surface area (Å²) >= 11 is 1.68. The maximum Gasteiger partial charge on any atom is 0.265 e. The first-order valence-electron chi connectivity index (χ1n) is 7.82. The Hall–Kier alpha value is -2.21. The second-order valence-corrected chi connectivity index (χ2v) is 6.88. The van der Waals surface area contributed by atoms with Crippen molar-refractivity contribution in [3.8, 4) is 11.5 Å². The van der Waals surface area contributed by atoms with Gasteiger partial charge < -0.3 is 14.8 Å². The van der Waals surface area contributed by atoms with Gasteiger partial charge in [0.1, 0.15) is 12.4 Å². The van der Waals surface area contributed by atoms with Gasteiger partial charge in [0.2, 0.25) is 6.10 Å². The van der Waals surface area contributed by atoms with Crippen LogP contribution in [0.5, 0.6) is 11.5 Å². The minimum absolute atomic E-state index is 0.167. The monoisotopic (exact) mass is 345 g/mol. The van der Waals surface area contributed by atoms with Crippen molar-refractivity contribution < 1.29 is 18.7 Å². The Morgan fingerprint density at radius 2 is 2.04 bits per heavy atom. The fourth-order valence-corrected chi connectivity index (χ4v) is 4.03. The third-order valence-corrected chi connectivity index (χ3v) is 5.25. The molecule has 0 radical (unpaired) electrons. The van der Waals surface area contributed by atoms with Crippen LogP contribution in [-0.4, -0.2) is 24.4 Å². The average Bonchev–Trinajstić information content (AvgIpc) is 2.62. The Morgan fingerprint density at radius 3 is 2.92 bits per heavy atom. The number of hydrogen-bond acceptors (Lipinski definition) is 4. The van der Waals surface area contributed by atoms with Gasteiger partial charge in [-0.2, -0.15) is 0 Å². The number of hydrogen-bond donors (Lipinski definition) is 1. The number of fused-ring (bicyclic) bond motifs is 2. The standard InChI is InChI=1S/C18H16FNO3S/c19-11-5-6-17-12(9-11)13(7-8-24-17)20-18(21)16-10-22-14-3-1-2-4-15(14)23-16/h1-6,9,13,16H,7-8,10H2,(H,20,21)/t13-,16+/m0/s1. The van der Waals surface area contributed by atoms with E-state index in [0.717, 1.165) is 22.6 Å². The Bertz CT molecular complexity index is 783. The molecule has 1 amide bonds. The Kier molecular flexibility index (Phi) is 4.06. The van der Waals surface area contributed by atoms with Gasteiger partial charge in [0.25, 0.3) is 5.91 Å². The van der Waals surface area contributed by atoms with Crippen LogP contribution in [-0.2, 0) is 4.79 Å². The maximum atomic E-state index is 13.6. The number of carbonyl (C=O) groups is 1. The minimum Gasteiger partial charge on any atom is -0.485 e. The molecule has 2 atom stereocenters. The summed E-state index contributed by atoms with van der Waals surface area (Å²) in [5.74, 6) is 1.56. The molecule has 0 fully saturated rings. The second kappa shape index (κ2) is 6.36. The lowest BCUT2D eigenvalue weighted by molar-refractivity contribution is -0.131. The SMILES string of the molecule is O=C(N[C@H]1CCSc2ccc(F)cc21)[C@H]1COc2ccccc2O1. The van der Waals surface area contributed by atoms with Crippen molar-refractivity contribution in [3.63, 3.8) is 0 Å². The summed E-state index contributed by atoms with van der Waals surface area (Å²) in [4.78, 5) is 13.6. The number of nitrogens with one attached hydrogen (secondary N) is 1. The van der Waals surface area contributed by atoms with E-state index in [4.69, 9.17) is 9.47 Å². The van der Waals surface area contributed by atoms with Gasteiger partial charge in [-0.3, -0.25) is 4.79 Å². The first-order valence-corrected chi connectivity index (χ1v) is 8.80. The van der Waals surface area contributed by atoms with E-state index in [1.165, 1.54) is 12.1 Å². The van der Waals surface area contributed by atoms with Crippen molar-refractivity contribution in [2.45, 2.75) is 23.5 Å². The summed E-state index contributed by atoms with van der Waals surface area (Å²) in [7, 11) is 0. The predicted molar refractivity (Wildman–Crippen MR) is 89.0 cm³/mol. The first-order chi connectivity index (χ1) is 11.7. The molecule has 124 valence electrons. The second-order valence-electron chi connectivity index (χ2n) is 5.74. The van der Waals surface area contributed by atoms with Gasteiger partial charge in [0.05, 0.1) is 6.04 Å².